The Labute approximate surface area is 181 Å². The molecule has 0 heterocycles. The zero-order valence-electron chi connectivity index (χ0n) is 18.6. The van der Waals surface area contributed by atoms with Crippen LogP contribution in [-0.4, -0.2) is 22.0 Å². The summed E-state index contributed by atoms with van der Waals surface area (Å²) in [6.07, 6.45) is 13.6. The van der Waals surface area contributed by atoms with Crippen molar-refractivity contribution < 1.29 is 19.8 Å². The molecule has 3 rings (SSSR count). The number of aliphatic hydroxyl groups is 1. The van der Waals surface area contributed by atoms with Crippen molar-refractivity contribution in [2.45, 2.75) is 96.5 Å². The van der Waals surface area contributed by atoms with Crippen LogP contribution in [0.5, 0.6) is 0 Å². The lowest BCUT2D eigenvalue weighted by atomic mass is 9.61. The van der Waals surface area contributed by atoms with Crippen LogP contribution in [0.3, 0.4) is 0 Å². The number of aliphatic carboxylic acids is 1. The van der Waals surface area contributed by atoms with E-state index in [-0.39, 0.29) is 17.9 Å². The Bertz CT molecular complexity index is 717. The van der Waals surface area contributed by atoms with E-state index in [9.17, 15) is 14.7 Å². The SMILES string of the molecule is C/C=C\CCCC(=O)O.CCCC1(C(O)c2cccc(C3CCC(=O)C3)c2)CCC1. The van der Waals surface area contributed by atoms with E-state index in [2.05, 4.69) is 31.2 Å². The van der Waals surface area contributed by atoms with Gasteiger partial charge >= 0.3 is 5.97 Å². The van der Waals surface area contributed by atoms with Gasteiger partial charge in [0.1, 0.15) is 5.78 Å². The van der Waals surface area contributed by atoms with E-state index < -0.39 is 5.97 Å². The fourth-order valence-electron chi connectivity index (χ4n) is 4.76. The molecule has 2 N–H and O–H groups in total. The molecule has 2 aliphatic carbocycles. The molecular formula is C26H38O4. The summed E-state index contributed by atoms with van der Waals surface area (Å²) in [4.78, 5) is 21.4. The highest BCUT2D eigenvalue weighted by Gasteiger charge is 2.43. The number of carbonyl (C=O) groups excluding carboxylic acids is 1. The Morgan fingerprint density at radius 1 is 1.33 bits per heavy atom. The second-order valence-corrected chi connectivity index (χ2v) is 8.87. The van der Waals surface area contributed by atoms with Crippen LogP contribution in [0.4, 0.5) is 0 Å². The van der Waals surface area contributed by atoms with Gasteiger partial charge in [-0.05, 0) is 62.5 Å². The van der Waals surface area contributed by atoms with Crippen molar-refractivity contribution >= 4 is 11.8 Å². The monoisotopic (exact) mass is 414 g/mol. The third kappa shape index (κ3) is 6.80. The number of aliphatic hydroxyl groups excluding tert-OH is 1. The van der Waals surface area contributed by atoms with Crippen LogP contribution in [-0.2, 0) is 9.59 Å². The smallest absolute Gasteiger partial charge is 0.303 e. The highest BCUT2D eigenvalue weighted by atomic mass is 16.4. The predicted molar refractivity (Wildman–Crippen MR) is 120 cm³/mol. The topological polar surface area (TPSA) is 74.6 Å². The fraction of sp³-hybridized carbons (Fsp3) is 0.615. The number of hydrogen-bond donors (Lipinski definition) is 2. The largest absolute Gasteiger partial charge is 0.481 e. The molecule has 1 aromatic rings. The molecule has 2 aliphatic rings. The summed E-state index contributed by atoms with van der Waals surface area (Å²) in [5.41, 5.74) is 2.40. The summed E-state index contributed by atoms with van der Waals surface area (Å²) in [7, 11) is 0. The summed E-state index contributed by atoms with van der Waals surface area (Å²) in [6, 6.07) is 8.38. The number of carboxylic acids is 1. The number of hydrogen-bond acceptors (Lipinski definition) is 3. The average Bonchev–Trinajstić information content (AvgIpc) is 3.14. The lowest BCUT2D eigenvalue weighted by Gasteiger charge is -2.46. The molecule has 1 aromatic carbocycles. The zero-order chi connectivity index (χ0) is 22.0. The Hall–Kier alpha value is -1.94. The van der Waals surface area contributed by atoms with Crippen molar-refractivity contribution in [3.05, 3.63) is 47.5 Å². The molecule has 0 saturated heterocycles. The minimum Gasteiger partial charge on any atom is -0.481 e. The summed E-state index contributed by atoms with van der Waals surface area (Å²) in [5.74, 6) is 0.0417. The van der Waals surface area contributed by atoms with Gasteiger partial charge in [-0.2, -0.15) is 0 Å². The number of Topliss-reactive ketones (excluding diaryl/α,β-unsaturated/α-hetero) is 1. The second-order valence-electron chi connectivity index (χ2n) is 8.87. The Kier molecular flexibility index (Phi) is 9.77. The van der Waals surface area contributed by atoms with Crippen LogP contribution >= 0.6 is 0 Å². The van der Waals surface area contributed by atoms with Gasteiger partial charge in [0.05, 0.1) is 6.10 Å². The molecule has 0 aliphatic heterocycles. The maximum absolute atomic E-state index is 11.5. The van der Waals surface area contributed by atoms with Gasteiger partial charge in [0, 0.05) is 24.7 Å². The second kappa shape index (κ2) is 12.0. The molecule has 0 bridgehead atoms. The third-order valence-electron chi connectivity index (χ3n) is 6.62. The molecule has 2 fully saturated rings. The van der Waals surface area contributed by atoms with Crippen molar-refractivity contribution in [3.63, 3.8) is 0 Å². The molecule has 0 aromatic heterocycles. The highest BCUT2D eigenvalue weighted by Crippen LogP contribution is 2.53. The predicted octanol–water partition coefficient (Wildman–Crippen LogP) is 6.34. The maximum atomic E-state index is 11.5. The number of unbranched alkanes of at least 4 members (excludes halogenated alkanes) is 1. The van der Waals surface area contributed by atoms with Gasteiger partial charge < -0.3 is 10.2 Å². The normalized spacial score (nSPS) is 21.0. The number of ketones is 1. The van der Waals surface area contributed by atoms with E-state index in [0.29, 0.717) is 18.1 Å². The number of allylic oxidation sites excluding steroid dienone is 2. The highest BCUT2D eigenvalue weighted by molar-refractivity contribution is 5.81. The lowest BCUT2D eigenvalue weighted by molar-refractivity contribution is -0.137. The van der Waals surface area contributed by atoms with Crippen LogP contribution in [0.15, 0.2) is 36.4 Å². The van der Waals surface area contributed by atoms with Gasteiger partial charge in [-0.15, -0.1) is 0 Å². The molecule has 0 amide bonds. The average molecular weight is 415 g/mol. The Balaban J connectivity index is 0.000000303. The van der Waals surface area contributed by atoms with E-state index in [0.717, 1.165) is 56.9 Å². The van der Waals surface area contributed by atoms with Crippen LogP contribution in [0.1, 0.15) is 108 Å². The molecule has 166 valence electrons. The lowest BCUT2D eigenvalue weighted by Crippen LogP contribution is -2.36. The van der Waals surface area contributed by atoms with Crippen LogP contribution in [0.25, 0.3) is 0 Å². The molecule has 30 heavy (non-hydrogen) atoms. The molecule has 4 heteroatoms. The fourth-order valence-corrected chi connectivity index (χ4v) is 4.76. The summed E-state index contributed by atoms with van der Waals surface area (Å²) < 4.78 is 0. The van der Waals surface area contributed by atoms with Crippen LogP contribution in [0.2, 0.25) is 0 Å². The minimum atomic E-state index is -0.709. The van der Waals surface area contributed by atoms with Gasteiger partial charge in [0.2, 0.25) is 0 Å². The van der Waals surface area contributed by atoms with Crippen molar-refractivity contribution in [1.29, 1.82) is 0 Å². The van der Waals surface area contributed by atoms with Gasteiger partial charge in [0.15, 0.2) is 0 Å². The zero-order valence-corrected chi connectivity index (χ0v) is 18.6. The molecule has 0 spiro atoms. The van der Waals surface area contributed by atoms with E-state index in [4.69, 9.17) is 5.11 Å². The quantitative estimate of drug-likeness (QED) is 0.365. The van der Waals surface area contributed by atoms with Crippen molar-refractivity contribution in [2.24, 2.45) is 5.41 Å². The number of benzene rings is 1. The first-order chi connectivity index (χ1) is 14.4. The first kappa shape index (κ1) is 24.3. The summed E-state index contributed by atoms with van der Waals surface area (Å²) in [6.45, 7) is 4.13. The number of carboxylic acid groups (broad SMARTS) is 1. The number of rotatable bonds is 9. The first-order valence-electron chi connectivity index (χ1n) is 11.5. The van der Waals surface area contributed by atoms with E-state index in [1.165, 1.54) is 12.0 Å². The molecule has 0 radical (unpaired) electrons. The molecule has 4 nitrogen and oxygen atoms in total. The van der Waals surface area contributed by atoms with Crippen LogP contribution < -0.4 is 0 Å². The maximum Gasteiger partial charge on any atom is 0.303 e. The van der Waals surface area contributed by atoms with E-state index in [1.54, 1.807) is 0 Å². The third-order valence-corrected chi connectivity index (χ3v) is 6.62. The van der Waals surface area contributed by atoms with Gasteiger partial charge in [-0.1, -0.05) is 56.2 Å². The van der Waals surface area contributed by atoms with Crippen molar-refractivity contribution in [3.8, 4) is 0 Å². The molecule has 2 unspecified atom stereocenters. The van der Waals surface area contributed by atoms with Crippen molar-refractivity contribution in [2.75, 3.05) is 0 Å². The summed E-state index contributed by atoms with van der Waals surface area (Å²) in [5, 5.41) is 19.1. The Morgan fingerprint density at radius 3 is 2.63 bits per heavy atom. The van der Waals surface area contributed by atoms with Gasteiger partial charge in [-0.25, -0.2) is 0 Å². The van der Waals surface area contributed by atoms with Gasteiger partial charge in [0.25, 0.3) is 0 Å². The standard InChI is InChI=1S/C19H26O2.C7H12O2/c1-2-9-19(10-4-11-19)18(21)16-6-3-5-14(12-16)15-7-8-17(20)13-15;1-2-3-4-5-6-7(8)9/h3,5-6,12,15,18,21H,2,4,7-11,13H2,1H3;2-3H,4-6H2,1H3,(H,8,9)/b;3-2-. The summed E-state index contributed by atoms with van der Waals surface area (Å²) >= 11 is 0. The van der Waals surface area contributed by atoms with Crippen LogP contribution in [0, 0.1) is 5.41 Å². The molecular weight excluding hydrogens is 376 g/mol. The molecule has 2 atom stereocenters. The molecule has 2 saturated carbocycles. The van der Waals surface area contributed by atoms with E-state index >= 15 is 0 Å². The minimum absolute atomic E-state index is 0.110. The van der Waals surface area contributed by atoms with Gasteiger partial charge in [-0.3, -0.25) is 9.59 Å². The van der Waals surface area contributed by atoms with E-state index in [1.807, 2.05) is 19.1 Å². The Morgan fingerprint density at radius 2 is 2.10 bits per heavy atom. The first-order valence-corrected chi connectivity index (χ1v) is 11.5. The van der Waals surface area contributed by atoms with Crippen molar-refractivity contribution in [1.82, 2.24) is 0 Å². The number of carbonyl (C=O) groups is 2.